The molecule has 2 spiro atoms. The van der Waals surface area contributed by atoms with Crippen LogP contribution in [0.2, 0.25) is 0 Å². The van der Waals surface area contributed by atoms with Gasteiger partial charge < -0.3 is 46.0 Å². The van der Waals surface area contributed by atoms with Gasteiger partial charge in [-0.05, 0) is 0 Å². The third-order valence-corrected chi connectivity index (χ3v) is 7.79. The molecule has 0 aromatic carbocycles. The Morgan fingerprint density at radius 3 is 1.12 bits per heavy atom. The lowest BCUT2D eigenvalue weighted by Crippen LogP contribution is -2.45. The van der Waals surface area contributed by atoms with Gasteiger partial charge in [0, 0.05) is 0 Å². The second-order valence-corrected chi connectivity index (χ2v) is 10.8. The van der Waals surface area contributed by atoms with Crippen molar-refractivity contribution < 1.29 is 50.3 Å². The molecule has 4 saturated heterocycles. The largest absolute Gasteiger partial charge is 0.339 e. The molecule has 0 aromatic heterocycles. The topological polar surface area (TPSA) is 124 Å². The van der Waals surface area contributed by atoms with Gasteiger partial charge in [-0.1, -0.05) is 0 Å². The quantitative estimate of drug-likeness (QED) is 0.616. The minimum absolute atomic E-state index is 0.316. The van der Waals surface area contributed by atoms with Gasteiger partial charge in [0.1, 0.15) is 0 Å². The lowest BCUT2D eigenvalue weighted by molar-refractivity contribution is -0.0782. The van der Waals surface area contributed by atoms with Crippen molar-refractivity contribution in [1.82, 2.24) is 0 Å². The SMILES string of the molecule is OP1OCC2(CO1)COP(OP1OCC3(COP(O)OC3)CO1)OC2. The van der Waals surface area contributed by atoms with E-state index in [2.05, 4.69) is 0 Å². The number of hydrogen-bond donors (Lipinski definition) is 2. The summed E-state index contributed by atoms with van der Waals surface area (Å²) in [7, 11) is -6.74. The van der Waals surface area contributed by atoms with E-state index in [1.807, 2.05) is 0 Å². The molecule has 0 aromatic rings. The highest BCUT2D eigenvalue weighted by Crippen LogP contribution is 2.61. The molecule has 0 saturated carbocycles. The average Bonchev–Trinajstić information content (AvgIpc) is 2.64. The predicted octanol–water partition coefficient (Wildman–Crippen LogP) is 2.06. The maximum atomic E-state index is 9.27. The molecule has 144 valence electrons. The van der Waals surface area contributed by atoms with E-state index < -0.39 is 45.2 Å². The zero-order valence-electron chi connectivity index (χ0n) is 13.0. The number of rotatable bonds is 2. The summed E-state index contributed by atoms with van der Waals surface area (Å²) in [5.41, 5.74) is -0.844. The van der Waals surface area contributed by atoms with Crippen molar-refractivity contribution >= 4 is 34.4 Å². The molecule has 0 radical (unpaired) electrons. The monoisotopic (exact) mass is 438 g/mol. The summed E-state index contributed by atoms with van der Waals surface area (Å²) in [6.45, 7) is 2.64. The predicted molar refractivity (Wildman–Crippen MR) is 85.7 cm³/mol. The molecule has 4 aliphatic heterocycles. The lowest BCUT2D eigenvalue weighted by atomic mass is 9.93. The molecule has 0 amide bonds. The van der Waals surface area contributed by atoms with E-state index in [4.69, 9.17) is 40.5 Å². The first-order valence-electron chi connectivity index (χ1n) is 7.36. The highest BCUT2D eigenvalue weighted by atomic mass is 31.2. The Kier molecular flexibility index (Phi) is 6.53. The van der Waals surface area contributed by atoms with Gasteiger partial charge in [-0.15, -0.1) is 0 Å². The van der Waals surface area contributed by atoms with Gasteiger partial charge in [-0.3, -0.25) is 0 Å². The fourth-order valence-electron chi connectivity index (χ4n) is 2.32. The molecule has 11 nitrogen and oxygen atoms in total. The molecule has 0 unspecified atom stereocenters. The van der Waals surface area contributed by atoms with Crippen LogP contribution in [-0.2, 0) is 40.5 Å². The first-order chi connectivity index (χ1) is 12.1. The minimum Gasteiger partial charge on any atom is -0.328 e. The zero-order valence-corrected chi connectivity index (χ0v) is 16.6. The Hall–Kier alpha value is 1.28. The summed E-state index contributed by atoms with van der Waals surface area (Å²) in [6, 6.07) is 0. The maximum Gasteiger partial charge on any atom is 0.339 e. The first-order valence-corrected chi connectivity index (χ1v) is 11.8. The van der Waals surface area contributed by atoms with Gasteiger partial charge in [-0.2, -0.15) is 0 Å². The van der Waals surface area contributed by atoms with Gasteiger partial charge in [-0.25, -0.2) is 4.31 Å². The third-order valence-electron chi connectivity index (χ3n) is 3.96. The Morgan fingerprint density at radius 2 is 0.800 bits per heavy atom. The van der Waals surface area contributed by atoms with Crippen LogP contribution in [0.1, 0.15) is 0 Å². The van der Waals surface area contributed by atoms with Crippen LogP contribution in [-0.4, -0.2) is 62.6 Å². The van der Waals surface area contributed by atoms with E-state index >= 15 is 0 Å². The second kappa shape index (κ2) is 8.34. The van der Waals surface area contributed by atoms with Crippen molar-refractivity contribution in [1.29, 1.82) is 0 Å². The summed E-state index contributed by atoms with van der Waals surface area (Å²) < 4.78 is 48.7. The fraction of sp³-hybridized carbons (Fsp3) is 1.00. The van der Waals surface area contributed by atoms with Crippen molar-refractivity contribution in [2.24, 2.45) is 10.8 Å². The van der Waals surface area contributed by atoms with E-state index in [9.17, 15) is 9.79 Å². The molecule has 4 aliphatic rings. The molecule has 2 N–H and O–H groups in total. The van der Waals surface area contributed by atoms with Crippen LogP contribution in [0, 0.1) is 10.8 Å². The molecule has 0 aliphatic carbocycles. The Balaban J connectivity index is 1.20. The summed E-state index contributed by atoms with van der Waals surface area (Å²) in [5.74, 6) is 0. The zero-order chi connectivity index (χ0) is 17.3. The van der Waals surface area contributed by atoms with E-state index in [0.29, 0.717) is 52.9 Å². The fourth-order valence-corrected chi connectivity index (χ4v) is 6.87. The van der Waals surface area contributed by atoms with E-state index in [-0.39, 0.29) is 0 Å². The van der Waals surface area contributed by atoms with Gasteiger partial charge in [0.25, 0.3) is 0 Å². The summed E-state index contributed by atoms with van der Waals surface area (Å²) in [4.78, 5) is 18.5. The molecular weight excluding hydrogens is 420 g/mol. The van der Waals surface area contributed by atoms with Crippen LogP contribution in [0.5, 0.6) is 0 Å². The average molecular weight is 438 g/mol. The van der Waals surface area contributed by atoms with Gasteiger partial charge in [0.05, 0.1) is 63.7 Å². The summed E-state index contributed by atoms with van der Waals surface area (Å²) in [5, 5.41) is 0. The van der Waals surface area contributed by atoms with Gasteiger partial charge >= 0.3 is 34.4 Å². The van der Waals surface area contributed by atoms with Crippen molar-refractivity contribution in [3.8, 4) is 0 Å². The van der Waals surface area contributed by atoms with Crippen LogP contribution in [0.25, 0.3) is 0 Å². The summed E-state index contributed by atoms with van der Waals surface area (Å²) >= 11 is 0. The Morgan fingerprint density at radius 1 is 0.520 bits per heavy atom. The second-order valence-electron chi connectivity index (χ2n) is 6.19. The third kappa shape index (κ3) is 4.83. The Bertz CT molecular complexity index is 396. The lowest BCUT2D eigenvalue weighted by Gasteiger charge is -2.43. The van der Waals surface area contributed by atoms with Gasteiger partial charge in [0.15, 0.2) is 0 Å². The normalized spacial score (nSPS) is 48.7. The number of hydrogen-bond acceptors (Lipinski definition) is 11. The molecule has 4 rings (SSSR count). The molecule has 4 fully saturated rings. The summed E-state index contributed by atoms with van der Waals surface area (Å²) in [6.07, 6.45) is 0. The molecule has 0 atom stereocenters. The maximum absolute atomic E-state index is 9.27. The van der Waals surface area contributed by atoms with Crippen LogP contribution >= 0.6 is 34.4 Å². The van der Waals surface area contributed by atoms with E-state index in [1.165, 1.54) is 0 Å². The minimum atomic E-state index is -1.79. The van der Waals surface area contributed by atoms with Crippen LogP contribution < -0.4 is 0 Å². The van der Waals surface area contributed by atoms with Crippen LogP contribution in [0.15, 0.2) is 0 Å². The molecule has 0 bridgehead atoms. The van der Waals surface area contributed by atoms with Crippen molar-refractivity contribution in [3.63, 3.8) is 0 Å². The molecule has 25 heavy (non-hydrogen) atoms. The molecule has 15 heteroatoms. The smallest absolute Gasteiger partial charge is 0.328 e. The van der Waals surface area contributed by atoms with Crippen LogP contribution in [0.4, 0.5) is 0 Å². The molecular formula is C10H18O11P4. The highest BCUT2D eigenvalue weighted by Gasteiger charge is 2.47. The van der Waals surface area contributed by atoms with Crippen molar-refractivity contribution in [2.75, 3.05) is 52.9 Å². The highest BCUT2D eigenvalue weighted by molar-refractivity contribution is 7.55. The van der Waals surface area contributed by atoms with Crippen LogP contribution in [0.3, 0.4) is 0 Å². The first kappa shape index (κ1) is 19.6. The van der Waals surface area contributed by atoms with Crippen molar-refractivity contribution in [3.05, 3.63) is 0 Å². The van der Waals surface area contributed by atoms with Crippen molar-refractivity contribution in [2.45, 2.75) is 0 Å². The Labute approximate surface area is 149 Å². The van der Waals surface area contributed by atoms with Gasteiger partial charge in [0.2, 0.25) is 0 Å². The van der Waals surface area contributed by atoms with E-state index in [1.54, 1.807) is 0 Å². The standard InChI is InChI=1S/C10H18O11P4/c11-22-13-1-9(2-14-22)5-17-24(18-6-9)21-25-19-7-10(8-20-25)3-15-23(12)16-4-10/h11-12H,1-8H2. The van der Waals surface area contributed by atoms with E-state index in [0.717, 1.165) is 0 Å². The molecule has 4 heterocycles.